The molecule has 6 heteroatoms. The van der Waals surface area contributed by atoms with Crippen LogP contribution in [0.1, 0.15) is 35.0 Å². The summed E-state index contributed by atoms with van der Waals surface area (Å²) in [5.74, 6) is 0. The van der Waals surface area contributed by atoms with Crippen molar-refractivity contribution in [2.75, 3.05) is 7.05 Å². The van der Waals surface area contributed by atoms with E-state index in [4.69, 9.17) is 11.6 Å². The second-order valence-electron chi connectivity index (χ2n) is 4.10. The summed E-state index contributed by atoms with van der Waals surface area (Å²) in [6.45, 7) is 5.01. The molecule has 2 aromatic rings. The number of aromatic nitrogens is 3. The van der Waals surface area contributed by atoms with E-state index in [2.05, 4.69) is 22.3 Å². The van der Waals surface area contributed by atoms with Crippen LogP contribution in [0.25, 0.3) is 0 Å². The van der Waals surface area contributed by atoms with Crippen LogP contribution in [0, 0.1) is 6.92 Å². The SMILES string of the molecule is CCCn1ncc(Cl)c1C(NC)c1cnc(C)s1. The lowest BCUT2D eigenvalue weighted by Crippen LogP contribution is -2.21. The van der Waals surface area contributed by atoms with Crippen molar-refractivity contribution in [3.8, 4) is 0 Å². The zero-order chi connectivity index (χ0) is 13.1. The van der Waals surface area contributed by atoms with Gasteiger partial charge >= 0.3 is 0 Å². The van der Waals surface area contributed by atoms with Crippen molar-refractivity contribution in [3.05, 3.63) is 33.0 Å². The molecule has 0 saturated heterocycles. The highest BCUT2D eigenvalue weighted by Gasteiger charge is 2.22. The second-order valence-corrected chi connectivity index (χ2v) is 5.78. The molecule has 0 saturated carbocycles. The van der Waals surface area contributed by atoms with Crippen LogP contribution in [0.2, 0.25) is 5.02 Å². The van der Waals surface area contributed by atoms with Gasteiger partial charge in [-0.15, -0.1) is 11.3 Å². The maximum absolute atomic E-state index is 6.27. The maximum Gasteiger partial charge on any atom is 0.0897 e. The average Bonchev–Trinajstić information content (AvgIpc) is 2.91. The average molecular weight is 285 g/mol. The minimum Gasteiger partial charge on any atom is -0.307 e. The van der Waals surface area contributed by atoms with Gasteiger partial charge in [-0.2, -0.15) is 5.10 Å². The van der Waals surface area contributed by atoms with Crippen LogP contribution in [0.3, 0.4) is 0 Å². The first-order valence-electron chi connectivity index (χ1n) is 5.98. The Morgan fingerprint density at radius 3 is 2.83 bits per heavy atom. The van der Waals surface area contributed by atoms with Crippen molar-refractivity contribution in [3.63, 3.8) is 0 Å². The summed E-state index contributed by atoms with van der Waals surface area (Å²) in [5.41, 5.74) is 1.02. The number of nitrogens with zero attached hydrogens (tertiary/aromatic N) is 3. The molecule has 4 nitrogen and oxygen atoms in total. The number of halogens is 1. The van der Waals surface area contributed by atoms with E-state index in [9.17, 15) is 0 Å². The van der Waals surface area contributed by atoms with Crippen LogP contribution in [-0.4, -0.2) is 21.8 Å². The summed E-state index contributed by atoms with van der Waals surface area (Å²) >= 11 is 7.95. The quantitative estimate of drug-likeness (QED) is 0.918. The second kappa shape index (κ2) is 5.82. The first-order chi connectivity index (χ1) is 8.67. The van der Waals surface area contributed by atoms with E-state index in [1.54, 1.807) is 17.5 Å². The standard InChI is InChI=1S/C12H17ClN4S/c1-4-5-17-12(9(13)6-16-17)11(14-3)10-7-15-8(2)18-10/h6-7,11,14H,4-5H2,1-3H3. The molecule has 0 aliphatic carbocycles. The molecular formula is C12H17ClN4S. The van der Waals surface area contributed by atoms with E-state index in [1.165, 1.54) is 0 Å². The lowest BCUT2D eigenvalue weighted by molar-refractivity contribution is 0.537. The Bertz CT molecular complexity index is 520. The summed E-state index contributed by atoms with van der Waals surface area (Å²) in [4.78, 5) is 5.47. The fraction of sp³-hybridized carbons (Fsp3) is 0.500. The Balaban J connectivity index is 2.41. The highest BCUT2D eigenvalue weighted by atomic mass is 35.5. The Kier molecular flexibility index (Phi) is 4.37. The van der Waals surface area contributed by atoms with Crippen LogP contribution < -0.4 is 5.32 Å². The van der Waals surface area contributed by atoms with Gasteiger partial charge in [-0.05, 0) is 20.4 Å². The molecule has 2 heterocycles. The number of aryl methyl sites for hydroxylation is 2. The third-order valence-corrected chi connectivity index (χ3v) is 4.02. The molecule has 0 fully saturated rings. The topological polar surface area (TPSA) is 42.7 Å². The molecule has 98 valence electrons. The zero-order valence-electron chi connectivity index (χ0n) is 10.8. The van der Waals surface area contributed by atoms with Crippen LogP contribution in [-0.2, 0) is 6.54 Å². The van der Waals surface area contributed by atoms with Gasteiger partial charge in [0.25, 0.3) is 0 Å². The van der Waals surface area contributed by atoms with E-state index in [0.29, 0.717) is 5.02 Å². The lowest BCUT2D eigenvalue weighted by atomic mass is 10.2. The number of thiazole rings is 1. The molecule has 1 atom stereocenters. The van der Waals surface area contributed by atoms with Gasteiger partial charge in [0.05, 0.1) is 28.0 Å². The molecule has 1 N–H and O–H groups in total. The van der Waals surface area contributed by atoms with Crippen LogP contribution in [0.5, 0.6) is 0 Å². The Labute approximate surface area is 116 Å². The summed E-state index contributed by atoms with van der Waals surface area (Å²) < 4.78 is 1.97. The predicted octanol–water partition coefficient (Wildman–Crippen LogP) is 3.02. The van der Waals surface area contributed by atoms with E-state index in [1.807, 2.05) is 24.9 Å². The summed E-state index contributed by atoms with van der Waals surface area (Å²) in [7, 11) is 1.93. The predicted molar refractivity (Wildman–Crippen MR) is 75.3 cm³/mol. The molecule has 0 amide bonds. The maximum atomic E-state index is 6.27. The Morgan fingerprint density at radius 1 is 1.50 bits per heavy atom. The number of hydrogen-bond acceptors (Lipinski definition) is 4. The van der Waals surface area contributed by atoms with Crippen molar-refractivity contribution >= 4 is 22.9 Å². The minimum atomic E-state index is 0.0535. The highest BCUT2D eigenvalue weighted by Crippen LogP contribution is 2.31. The first-order valence-corrected chi connectivity index (χ1v) is 7.17. The van der Waals surface area contributed by atoms with Crippen LogP contribution in [0.4, 0.5) is 0 Å². The zero-order valence-corrected chi connectivity index (χ0v) is 12.3. The van der Waals surface area contributed by atoms with E-state index in [0.717, 1.165) is 28.5 Å². The number of nitrogens with one attached hydrogen (secondary N) is 1. The van der Waals surface area contributed by atoms with Gasteiger partial charge in [0.15, 0.2) is 0 Å². The third-order valence-electron chi connectivity index (χ3n) is 2.75. The van der Waals surface area contributed by atoms with Crippen LogP contribution in [0.15, 0.2) is 12.4 Å². The van der Waals surface area contributed by atoms with Crippen molar-refractivity contribution < 1.29 is 0 Å². The van der Waals surface area contributed by atoms with Crippen LogP contribution >= 0.6 is 22.9 Å². The fourth-order valence-corrected chi connectivity index (χ4v) is 3.12. The van der Waals surface area contributed by atoms with Gasteiger partial charge in [-0.1, -0.05) is 18.5 Å². The molecule has 1 unspecified atom stereocenters. The third kappa shape index (κ3) is 2.58. The molecule has 0 aromatic carbocycles. The molecule has 2 rings (SSSR count). The monoisotopic (exact) mass is 284 g/mol. The van der Waals surface area contributed by atoms with E-state index >= 15 is 0 Å². The molecule has 0 spiro atoms. The molecule has 2 aromatic heterocycles. The van der Waals surface area contributed by atoms with Crippen molar-refractivity contribution in [1.82, 2.24) is 20.1 Å². The molecule has 0 bridgehead atoms. The van der Waals surface area contributed by atoms with Crippen molar-refractivity contribution in [1.29, 1.82) is 0 Å². The van der Waals surface area contributed by atoms with Crippen molar-refractivity contribution in [2.24, 2.45) is 0 Å². The summed E-state index contributed by atoms with van der Waals surface area (Å²) in [5, 5.41) is 9.40. The molecule has 18 heavy (non-hydrogen) atoms. The Morgan fingerprint density at radius 2 is 2.28 bits per heavy atom. The normalized spacial score (nSPS) is 12.9. The largest absolute Gasteiger partial charge is 0.307 e. The smallest absolute Gasteiger partial charge is 0.0897 e. The van der Waals surface area contributed by atoms with E-state index in [-0.39, 0.29) is 6.04 Å². The van der Waals surface area contributed by atoms with Gasteiger partial charge < -0.3 is 5.32 Å². The minimum absolute atomic E-state index is 0.0535. The summed E-state index contributed by atoms with van der Waals surface area (Å²) in [6.07, 6.45) is 4.65. The van der Waals surface area contributed by atoms with Gasteiger partial charge in [-0.3, -0.25) is 4.68 Å². The lowest BCUT2D eigenvalue weighted by Gasteiger charge is -2.16. The first kappa shape index (κ1) is 13.5. The van der Waals surface area contributed by atoms with E-state index < -0.39 is 0 Å². The van der Waals surface area contributed by atoms with Gasteiger partial charge in [0, 0.05) is 17.6 Å². The number of hydrogen-bond donors (Lipinski definition) is 1. The van der Waals surface area contributed by atoms with Gasteiger partial charge in [-0.25, -0.2) is 4.98 Å². The fourth-order valence-electron chi connectivity index (χ4n) is 1.97. The van der Waals surface area contributed by atoms with Gasteiger partial charge in [0.2, 0.25) is 0 Å². The van der Waals surface area contributed by atoms with Gasteiger partial charge in [0.1, 0.15) is 0 Å². The molecular weight excluding hydrogens is 268 g/mol. The number of rotatable bonds is 5. The molecule has 0 aliphatic heterocycles. The summed E-state index contributed by atoms with van der Waals surface area (Å²) in [6, 6.07) is 0.0535. The van der Waals surface area contributed by atoms with Crippen molar-refractivity contribution in [2.45, 2.75) is 32.9 Å². The highest BCUT2D eigenvalue weighted by molar-refractivity contribution is 7.11. The Hall–Kier alpha value is -0.910. The molecule has 0 radical (unpaired) electrons. The molecule has 0 aliphatic rings.